The van der Waals surface area contributed by atoms with Crippen molar-refractivity contribution in [3.63, 3.8) is 0 Å². The summed E-state index contributed by atoms with van der Waals surface area (Å²) in [6.45, 7) is 3.45. The quantitative estimate of drug-likeness (QED) is 0.582. The Labute approximate surface area is 97.9 Å². The van der Waals surface area contributed by atoms with Crippen molar-refractivity contribution in [3.05, 3.63) is 0 Å². The summed E-state index contributed by atoms with van der Waals surface area (Å²) < 4.78 is 0. The molecular weight excluding hydrogens is 208 g/mol. The van der Waals surface area contributed by atoms with Crippen LogP contribution in [0.15, 0.2) is 0 Å². The molecule has 0 aromatic heterocycles. The Kier molecular flexibility index (Phi) is 8.84. The Morgan fingerprint density at radius 2 is 1.06 bits per heavy atom. The van der Waals surface area contributed by atoms with E-state index in [1.165, 1.54) is 0 Å². The van der Waals surface area contributed by atoms with Crippen LogP contribution in [-0.2, 0) is 0 Å². The van der Waals surface area contributed by atoms with E-state index in [0.717, 1.165) is 25.7 Å². The molecular formula is C12H26O4. The summed E-state index contributed by atoms with van der Waals surface area (Å²) in [6.07, 6.45) is 3.67. The molecule has 1 rings (SSSR count). The topological polar surface area (TPSA) is 80.9 Å². The van der Waals surface area contributed by atoms with E-state index in [0.29, 0.717) is 12.8 Å². The second-order valence-electron chi connectivity index (χ2n) is 4.74. The second kappa shape index (κ2) is 8.93. The zero-order valence-electron chi connectivity index (χ0n) is 10.3. The largest absolute Gasteiger partial charge is 0.393 e. The van der Waals surface area contributed by atoms with Crippen LogP contribution in [-0.4, -0.2) is 44.8 Å². The lowest BCUT2D eigenvalue weighted by Crippen LogP contribution is -2.21. The summed E-state index contributed by atoms with van der Waals surface area (Å²) in [6, 6.07) is 0. The molecule has 0 aromatic carbocycles. The van der Waals surface area contributed by atoms with Crippen LogP contribution in [0.1, 0.15) is 52.4 Å². The Morgan fingerprint density at radius 3 is 1.25 bits per heavy atom. The normalized spacial score (nSPS) is 28.9. The van der Waals surface area contributed by atoms with E-state index < -0.39 is 0 Å². The molecule has 1 fully saturated rings. The first kappa shape index (κ1) is 15.8. The van der Waals surface area contributed by atoms with Crippen LogP contribution in [0.2, 0.25) is 0 Å². The molecule has 1 aliphatic carbocycles. The molecule has 1 saturated carbocycles. The SMILES string of the molecule is CC(O)CCC(C)O.OC1CCC(O)CC1. The van der Waals surface area contributed by atoms with E-state index in [9.17, 15) is 0 Å². The van der Waals surface area contributed by atoms with Gasteiger partial charge in [0.05, 0.1) is 24.4 Å². The molecule has 98 valence electrons. The van der Waals surface area contributed by atoms with E-state index in [4.69, 9.17) is 20.4 Å². The van der Waals surface area contributed by atoms with Gasteiger partial charge in [-0.05, 0) is 52.4 Å². The van der Waals surface area contributed by atoms with Gasteiger partial charge in [0.25, 0.3) is 0 Å². The minimum atomic E-state index is -0.274. The predicted octanol–water partition coefficient (Wildman–Crippen LogP) is 0.810. The fraction of sp³-hybridized carbons (Fsp3) is 1.00. The van der Waals surface area contributed by atoms with Crippen molar-refractivity contribution in [3.8, 4) is 0 Å². The van der Waals surface area contributed by atoms with Crippen molar-refractivity contribution in [2.45, 2.75) is 76.8 Å². The van der Waals surface area contributed by atoms with Gasteiger partial charge in [0.1, 0.15) is 0 Å². The molecule has 0 radical (unpaired) electrons. The number of hydrogen-bond acceptors (Lipinski definition) is 4. The summed E-state index contributed by atoms with van der Waals surface area (Å²) in [4.78, 5) is 0. The van der Waals surface area contributed by atoms with Crippen LogP contribution >= 0.6 is 0 Å². The Balaban J connectivity index is 0.000000281. The monoisotopic (exact) mass is 234 g/mol. The highest BCUT2D eigenvalue weighted by Gasteiger charge is 2.15. The van der Waals surface area contributed by atoms with Crippen LogP contribution in [0.5, 0.6) is 0 Å². The summed E-state index contributed by atoms with van der Waals surface area (Å²) >= 11 is 0. The van der Waals surface area contributed by atoms with E-state index >= 15 is 0 Å². The third-order valence-electron chi connectivity index (χ3n) is 2.67. The van der Waals surface area contributed by atoms with Crippen molar-refractivity contribution < 1.29 is 20.4 Å². The van der Waals surface area contributed by atoms with Gasteiger partial charge >= 0.3 is 0 Å². The molecule has 0 aliphatic heterocycles. The van der Waals surface area contributed by atoms with Crippen LogP contribution in [0, 0.1) is 0 Å². The highest BCUT2D eigenvalue weighted by Crippen LogP contribution is 2.17. The fourth-order valence-electron chi connectivity index (χ4n) is 1.54. The van der Waals surface area contributed by atoms with E-state index in [1.54, 1.807) is 13.8 Å². The lowest BCUT2D eigenvalue weighted by Gasteiger charge is -2.20. The van der Waals surface area contributed by atoms with E-state index in [2.05, 4.69) is 0 Å². The molecule has 2 atom stereocenters. The molecule has 4 heteroatoms. The van der Waals surface area contributed by atoms with Crippen molar-refractivity contribution in [1.82, 2.24) is 0 Å². The molecule has 0 saturated heterocycles. The van der Waals surface area contributed by atoms with Crippen molar-refractivity contribution in [2.24, 2.45) is 0 Å². The molecule has 0 spiro atoms. The zero-order valence-corrected chi connectivity index (χ0v) is 10.3. The first-order valence-corrected chi connectivity index (χ1v) is 6.14. The lowest BCUT2D eigenvalue weighted by atomic mass is 9.95. The molecule has 0 heterocycles. The van der Waals surface area contributed by atoms with Crippen molar-refractivity contribution >= 4 is 0 Å². The third kappa shape index (κ3) is 10.4. The van der Waals surface area contributed by atoms with Gasteiger partial charge < -0.3 is 20.4 Å². The molecule has 4 nitrogen and oxygen atoms in total. The molecule has 0 bridgehead atoms. The maximum Gasteiger partial charge on any atom is 0.0542 e. The van der Waals surface area contributed by atoms with Gasteiger partial charge in [0, 0.05) is 0 Å². The summed E-state index contributed by atoms with van der Waals surface area (Å²) in [7, 11) is 0. The number of hydrogen-bond donors (Lipinski definition) is 4. The van der Waals surface area contributed by atoms with Crippen molar-refractivity contribution in [1.29, 1.82) is 0 Å². The van der Waals surface area contributed by atoms with Crippen LogP contribution < -0.4 is 0 Å². The molecule has 1 aliphatic rings. The van der Waals surface area contributed by atoms with Gasteiger partial charge in [0.15, 0.2) is 0 Å². The summed E-state index contributed by atoms with van der Waals surface area (Å²) in [5, 5.41) is 35.2. The molecule has 16 heavy (non-hydrogen) atoms. The zero-order chi connectivity index (χ0) is 12.6. The standard InChI is InChI=1S/C6H12O2.C6H14O2/c7-5-1-2-6(8)4-3-5;1-5(7)3-4-6(2)8/h5-8H,1-4H2;5-8H,3-4H2,1-2H3. The third-order valence-corrected chi connectivity index (χ3v) is 2.67. The van der Waals surface area contributed by atoms with Crippen molar-refractivity contribution in [2.75, 3.05) is 0 Å². The maximum absolute atomic E-state index is 8.92. The van der Waals surface area contributed by atoms with E-state index in [1.807, 2.05) is 0 Å². The smallest absolute Gasteiger partial charge is 0.0542 e. The highest BCUT2D eigenvalue weighted by molar-refractivity contribution is 4.69. The van der Waals surface area contributed by atoms with E-state index in [-0.39, 0.29) is 24.4 Å². The van der Waals surface area contributed by atoms with Gasteiger partial charge in [0.2, 0.25) is 0 Å². The van der Waals surface area contributed by atoms with Crippen LogP contribution in [0.3, 0.4) is 0 Å². The number of aliphatic hydroxyl groups is 4. The molecule has 0 aromatic rings. The average Bonchev–Trinajstić information content (AvgIpc) is 2.20. The first-order chi connectivity index (χ1) is 7.41. The lowest BCUT2D eigenvalue weighted by molar-refractivity contribution is 0.0541. The van der Waals surface area contributed by atoms with Gasteiger partial charge in [-0.15, -0.1) is 0 Å². The van der Waals surface area contributed by atoms with Gasteiger partial charge in [-0.1, -0.05) is 0 Å². The Morgan fingerprint density at radius 1 is 0.812 bits per heavy atom. The van der Waals surface area contributed by atoms with Crippen LogP contribution in [0.25, 0.3) is 0 Å². The second-order valence-corrected chi connectivity index (χ2v) is 4.74. The van der Waals surface area contributed by atoms with Gasteiger partial charge in [-0.3, -0.25) is 0 Å². The minimum Gasteiger partial charge on any atom is -0.393 e. The number of rotatable bonds is 3. The van der Waals surface area contributed by atoms with Gasteiger partial charge in [-0.2, -0.15) is 0 Å². The summed E-state index contributed by atoms with van der Waals surface area (Å²) in [5.41, 5.74) is 0. The van der Waals surface area contributed by atoms with Crippen LogP contribution in [0.4, 0.5) is 0 Å². The highest BCUT2D eigenvalue weighted by atomic mass is 16.3. The molecule has 2 unspecified atom stereocenters. The molecule has 0 amide bonds. The Hall–Kier alpha value is -0.160. The maximum atomic E-state index is 8.92. The van der Waals surface area contributed by atoms with Gasteiger partial charge in [-0.25, -0.2) is 0 Å². The Bertz CT molecular complexity index is 133. The fourth-order valence-corrected chi connectivity index (χ4v) is 1.54. The first-order valence-electron chi connectivity index (χ1n) is 6.14. The minimum absolute atomic E-state index is 0.140. The summed E-state index contributed by atoms with van der Waals surface area (Å²) in [5.74, 6) is 0. The average molecular weight is 234 g/mol. The molecule has 4 N–H and O–H groups in total. The number of aliphatic hydroxyl groups excluding tert-OH is 4. The predicted molar refractivity (Wildman–Crippen MR) is 63.1 cm³/mol.